The van der Waals surface area contributed by atoms with Crippen LogP contribution in [0.3, 0.4) is 0 Å². The van der Waals surface area contributed by atoms with Gasteiger partial charge in [-0.2, -0.15) is 26.3 Å². The number of aryl methyl sites for hydroxylation is 3. The van der Waals surface area contributed by atoms with E-state index in [4.69, 9.17) is 5.73 Å². The molecule has 3 N–H and O–H groups in total. The van der Waals surface area contributed by atoms with Crippen molar-refractivity contribution < 1.29 is 31.4 Å². The van der Waals surface area contributed by atoms with E-state index in [1.54, 1.807) is 0 Å². The molecule has 0 atom stereocenters. The fraction of sp³-hybridized carbons (Fsp3) is 0.400. The summed E-state index contributed by atoms with van der Waals surface area (Å²) < 4.78 is 80.0. The predicted molar refractivity (Wildman–Crippen MR) is 77.1 cm³/mol. The van der Waals surface area contributed by atoms with Crippen molar-refractivity contribution in [3.8, 4) is 0 Å². The van der Waals surface area contributed by atoms with E-state index in [0.29, 0.717) is 12.1 Å². The van der Waals surface area contributed by atoms with Crippen LogP contribution < -0.4 is 11.3 Å². The Bertz CT molecular complexity index is 928. The predicted octanol–water partition coefficient (Wildman–Crippen LogP) is 2.76. The smallest absolute Gasteiger partial charge is 0.394 e. The summed E-state index contributed by atoms with van der Waals surface area (Å²) in [7, 11) is 0. The van der Waals surface area contributed by atoms with Crippen molar-refractivity contribution in [2.75, 3.05) is 5.73 Å². The van der Waals surface area contributed by atoms with E-state index >= 15 is 0 Å². The monoisotopic (exact) mass is 366 g/mol. The molecule has 136 valence electrons. The fourth-order valence-electron chi connectivity index (χ4n) is 3.18. The number of hydrogen-bond acceptors (Lipinski definition) is 3. The standard InChI is InChI=1S/C15H12F6N2O2/c1-6-9-5-8(13(25,14(16,17)18)15(19,20)21)4-7-2-3-23(11(7)9)12(24)10(6)22/h4-5,25H,2-3,22H2,1H3. The number of halogens is 6. The number of aromatic nitrogens is 1. The number of alkyl halides is 6. The van der Waals surface area contributed by atoms with Gasteiger partial charge in [0.25, 0.3) is 11.2 Å². The van der Waals surface area contributed by atoms with Gasteiger partial charge in [0.2, 0.25) is 0 Å². The van der Waals surface area contributed by atoms with Gasteiger partial charge < -0.3 is 15.4 Å². The molecule has 1 aliphatic heterocycles. The molecule has 1 aromatic carbocycles. The molecule has 0 amide bonds. The van der Waals surface area contributed by atoms with Crippen LogP contribution in [-0.4, -0.2) is 22.0 Å². The number of benzene rings is 1. The highest BCUT2D eigenvalue weighted by molar-refractivity contribution is 5.90. The number of rotatable bonds is 1. The maximum Gasteiger partial charge on any atom is 0.430 e. The Morgan fingerprint density at radius 2 is 1.68 bits per heavy atom. The van der Waals surface area contributed by atoms with E-state index in [1.807, 2.05) is 0 Å². The SMILES string of the molecule is Cc1c(N)c(=O)n2c3c(cc(C(O)(C(F)(F)F)C(F)(F)F)cc13)CC2. The van der Waals surface area contributed by atoms with Gasteiger partial charge in [0.1, 0.15) is 5.69 Å². The Morgan fingerprint density at radius 1 is 1.12 bits per heavy atom. The third-order valence-corrected chi connectivity index (χ3v) is 4.59. The molecule has 0 aliphatic carbocycles. The Balaban J connectivity index is 2.44. The molecule has 3 rings (SSSR count). The molecule has 10 heteroatoms. The van der Waals surface area contributed by atoms with Gasteiger partial charge in [0.05, 0.1) is 5.52 Å². The normalized spacial score (nSPS) is 15.2. The van der Waals surface area contributed by atoms with Crippen molar-refractivity contribution in [1.29, 1.82) is 0 Å². The van der Waals surface area contributed by atoms with Crippen LogP contribution in [-0.2, 0) is 18.6 Å². The van der Waals surface area contributed by atoms with Crippen molar-refractivity contribution >= 4 is 16.6 Å². The first-order valence-electron chi connectivity index (χ1n) is 7.12. The van der Waals surface area contributed by atoms with Gasteiger partial charge in [0, 0.05) is 17.5 Å². The van der Waals surface area contributed by atoms with Gasteiger partial charge in [-0.25, -0.2) is 0 Å². The highest BCUT2D eigenvalue weighted by atomic mass is 19.4. The average molecular weight is 366 g/mol. The number of nitrogen functional groups attached to an aromatic ring is 1. The fourth-order valence-corrected chi connectivity index (χ4v) is 3.18. The van der Waals surface area contributed by atoms with Crippen molar-refractivity contribution in [2.45, 2.75) is 37.8 Å². The number of anilines is 1. The lowest BCUT2D eigenvalue weighted by molar-refractivity contribution is -0.376. The molecule has 0 radical (unpaired) electrons. The van der Waals surface area contributed by atoms with Gasteiger partial charge in [0.15, 0.2) is 0 Å². The first-order chi connectivity index (χ1) is 11.3. The van der Waals surface area contributed by atoms with Crippen LogP contribution in [0.2, 0.25) is 0 Å². The third-order valence-electron chi connectivity index (χ3n) is 4.59. The zero-order chi connectivity index (χ0) is 18.9. The number of pyridine rings is 1. The van der Waals surface area contributed by atoms with Crippen LogP contribution in [0.5, 0.6) is 0 Å². The van der Waals surface area contributed by atoms with Crippen LogP contribution in [0.4, 0.5) is 32.0 Å². The lowest BCUT2D eigenvalue weighted by atomic mass is 9.88. The summed E-state index contributed by atoms with van der Waals surface area (Å²) in [6, 6.07) is 1.26. The molecule has 2 heterocycles. The summed E-state index contributed by atoms with van der Waals surface area (Å²) in [5, 5.41) is 9.60. The number of aliphatic hydroxyl groups is 1. The van der Waals surface area contributed by atoms with E-state index in [9.17, 15) is 36.2 Å². The van der Waals surface area contributed by atoms with E-state index in [2.05, 4.69) is 0 Å². The molecule has 0 bridgehead atoms. The minimum atomic E-state index is -5.97. The lowest BCUT2D eigenvalue weighted by Gasteiger charge is -2.33. The highest BCUT2D eigenvalue weighted by Gasteiger charge is 2.71. The molecule has 0 spiro atoms. The van der Waals surface area contributed by atoms with Crippen LogP contribution in [0.15, 0.2) is 16.9 Å². The average Bonchev–Trinajstić information content (AvgIpc) is 2.91. The van der Waals surface area contributed by atoms with E-state index in [1.165, 1.54) is 11.5 Å². The molecular weight excluding hydrogens is 354 g/mol. The van der Waals surface area contributed by atoms with Crippen molar-refractivity contribution in [2.24, 2.45) is 0 Å². The van der Waals surface area contributed by atoms with E-state index in [-0.39, 0.29) is 40.7 Å². The van der Waals surface area contributed by atoms with Crippen LogP contribution >= 0.6 is 0 Å². The second-order valence-corrected chi connectivity index (χ2v) is 5.98. The molecule has 1 aliphatic rings. The molecule has 2 aromatic rings. The molecule has 0 saturated carbocycles. The minimum Gasteiger partial charge on any atom is -0.394 e. The molecule has 4 nitrogen and oxygen atoms in total. The summed E-state index contributed by atoms with van der Waals surface area (Å²) in [6.45, 7) is 1.43. The van der Waals surface area contributed by atoms with Crippen LogP contribution in [0.25, 0.3) is 10.9 Å². The second kappa shape index (κ2) is 4.90. The zero-order valence-electron chi connectivity index (χ0n) is 12.7. The maximum absolute atomic E-state index is 13.1. The number of nitrogens with zero attached hydrogens (tertiary/aromatic N) is 1. The summed E-state index contributed by atoms with van der Waals surface area (Å²) in [5.41, 5.74) is -1.07. The Hall–Kier alpha value is -2.23. The summed E-state index contributed by atoms with van der Waals surface area (Å²) in [6.07, 6.45) is -11.9. The maximum atomic E-state index is 13.1. The molecule has 1 aromatic heterocycles. The lowest BCUT2D eigenvalue weighted by Crippen LogP contribution is -2.54. The van der Waals surface area contributed by atoms with Gasteiger partial charge >= 0.3 is 12.4 Å². The van der Waals surface area contributed by atoms with Crippen LogP contribution in [0, 0.1) is 6.92 Å². The molecule has 0 fully saturated rings. The number of nitrogens with two attached hydrogens (primary N) is 1. The molecular formula is C15H12F6N2O2. The third kappa shape index (κ3) is 2.16. The summed E-state index contributed by atoms with van der Waals surface area (Å²) in [4.78, 5) is 12.1. The van der Waals surface area contributed by atoms with Crippen molar-refractivity contribution in [3.05, 3.63) is 39.2 Å². The van der Waals surface area contributed by atoms with Crippen molar-refractivity contribution in [3.63, 3.8) is 0 Å². The van der Waals surface area contributed by atoms with Gasteiger partial charge in [-0.1, -0.05) is 6.07 Å². The zero-order valence-corrected chi connectivity index (χ0v) is 12.7. The Kier molecular flexibility index (Phi) is 3.45. The first-order valence-corrected chi connectivity index (χ1v) is 7.12. The van der Waals surface area contributed by atoms with E-state index < -0.39 is 29.1 Å². The van der Waals surface area contributed by atoms with Gasteiger partial charge in [-0.3, -0.25) is 4.79 Å². The first kappa shape index (κ1) is 17.6. The quantitative estimate of drug-likeness (QED) is 0.763. The molecule has 0 unspecified atom stereocenters. The summed E-state index contributed by atoms with van der Waals surface area (Å²) in [5.74, 6) is 0. The molecule has 0 saturated heterocycles. The minimum absolute atomic E-state index is 0.0194. The second-order valence-electron chi connectivity index (χ2n) is 5.98. The molecule has 25 heavy (non-hydrogen) atoms. The largest absolute Gasteiger partial charge is 0.430 e. The van der Waals surface area contributed by atoms with Crippen LogP contribution in [0.1, 0.15) is 16.7 Å². The van der Waals surface area contributed by atoms with E-state index in [0.717, 1.165) is 0 Å². The van der Waals surface area contributed by atoms with Gasteiger partial charge in [-0.15, -0.1) is 0 Å². The summed E-state index contributed by atoms with van der Waals surface area (Å²) >= 11 is 0. The van der Waals surface area contributed by atoms with Gasteiger partial charge in [-0.05, 0) is 30.5 Å². The highest BCUT2D eigenvalue weighted by Crippen LogP contribution is 2.51. The Labute approximate surface area is 136 Å². The number of hydrogen-bond donors (Lipinski definition) is 2. The topological polar surface area (TPSA) is 68.2 Å². The Morgan fingerprint density at radius 3 is 2.20 bits per heavy atom. The van der Waals surface area contributed by atoms with Crippen molar-refractivity contribution in [1.82, 2.24) is 4.57 Å².